The second kappa shape index (κ2) is 11.6. The van der Waals surface area contributed by atoms with Crippen molar-refractivity contribution in [1.29, 1.82) is 0 Å². The summed E-state index contributed by atoms with van der Waals surface area (Å²) in [5.41, 5.74) is 10.2. The highest BCUT2D eigenvalue weighted by molar-refractivity contribution is 6.18. The second-order valence-electron chi connectivity index (χ2n) is 8.91. The zero-order chi connectivity index (χ0) is 27.4. The van der Waals surface area contributed by atoms with E-state index in [4.69, 9.17) is 27.1 Å². The van der Waals surface area contributed by atoms with Gasteiger partial charge in [0.2, 0.25) is 5.91 Å². The Hall–Kier alpha value is -3.92. The number of hydrogen-bond acceptors (Lipinski definition) is 6. The summed E-state index contributed by atoms with van der Waals surface area (Å²) in [6, 6.07) is 17.7. The molecule has 0 aliphatic heterocycles. The predicted octanol–water partition coefficient (Wildman–Crippen LogP) is 4.21. The Morgan fingerprint density at radius 2 is 1.92 bits per heavy atom. The van der Waals surface area contributed by atoms with Crippen LogP contribution in [0.2, 0.25) is 0 Å². The number of benzene rings is 3. The van der Waals surface area contributed by atoms with Crippen LogP contribution in [0.1, 0.15) is 33.2 Å². The number of rotatable bonds is 10. The minimum absolute atomic E-state index is 0.202. The van der Waals surface area contributed by atoms with Gasteiger partial charge in [0.05, 0.1) is 23.2 Å². The zero-order valence-electron chi connectivity index (χ0n) is 21.4. The summed E-state index contributed by atoms with van der Waals surface area (Å²) in [5, 5.41) is 12.8. The molecular formula is C28H30ClN5O4. The van der Waals surface area contributed by atoms with Gasteiger partial charge < -0.3 is 30.4 Å². The van der Waals surface area contributed by atoms with E-state index in [1.54, 1.807) is 43.2 Å². The molecule has 3 aromatic carbocycles. The maximum absolute atomic E-state index is 13.6. The van der Waals surface area contributed by atoms with Crippen molar-refractivity contribution in [3.63, 3.8) is 0 Å². The lowest BCUT2D eigenvalue weighted by molar-refractivity contribution is 0.0996. The third-order valence-electron chi connectivity index (χ3n) is 6.32. The molecule has 0 bridgehead atoms. The molecule has 0 aliphatic rings. The number of nitrogens with zero attached hydrogens (tertiary/aromatic N) is 3. The van der Waals surface area contributed by atoms with Gasteiger partial charge in [-0.2, -0.15) is 0 Å². The van der Waals surface area contributed by atoms with Gasteiger partial charge in [0.15, 0.2) is 0 Å². The number of primary amides is 1. The molecule has 2 amide bonds. The first kappa shape index (κ1) is 27.1. The maximum atomic E-state index is 13.6. The molecule has 0 saturated heterocycles. The van der Waals surface area contributed by atoms with Gasteiger partial charge in [0.1, 0.15) is 12.1 Å². The minimum Gasteiger partial charge on any atom is -0.383 e. The number of aromatic nitrogens is 2. The fraction of sp³-hybridized carbons (Fsp3) is 0.250. The van der Waals surface area contributed by atoms with Crippen LogP contribution in [0.5, 0.6) is 0 Å². The van der Waals surface area contributed by atoms with Gasteiger partial charge >= 0.3 is 0 Å². The lowest BCUT2D eigenvalue weighted by Crippen LogP contribution is -2.27. The van der Waals surface area contributed by atoms with E-state index < -0.39 is 12.1 Å². The smallest absolute Gasteiger partial charge is 0.257 e. The number of aliphatic hydroxyl groups excluding tert-OH is 1. The van der Waals surface area contributed by atoms with Gasteiger partial charge in [-0.05, 0) is 67.1 Å². The van der Waals surface area contributed by atoms with Crippen molar-refractivity contribution in [2.75, 3.05) is 31.0 Å². The Labute approximate surface area is 225 Å². The van der Waals surface area contributed by atoms with Crippen LogP contribution in [-0.2, 0) is 17.2 Å². The molecule has 0 spiro atoms. The highest BCUT2D eigenvalue weighted by atomic mass is 35.5. The standard InChI is InChI=1S/C28H30ClN5O4/c1-17(35)33(2)22-9-7-19(8-10-22)27-32-24-14-18(16-29)13-23(25(24)34(27)11-12-38-3)28(37)31-21-6-4-5-20(15-21)26(30)36/h4-10,13-15,17,35H,11-12,16H2,1-3H3,(H2,30,36)(H,31,37). The third-order valence-corrected chi connectivity index (χ3v) is 6.63. The van der Waals surface area contributed by atoms with E-state index in [0.29, 0.717) is 46.8 Å². The number of fused-ring (bicyclic) bond motifs is 1. The van der Waals surface area contributed by atoms with Crippen LogP contribution in [0.15, 0.2) is 60.7 Å². The fourth-order valence-corrected chi connectivity index (χ4v) is 4.36. The summed E-state index contributed by atoms with van der Waals surface area (Å²) in [6.45, 7) is 2.55. The van der Waals surface area contributed by atoms with Crippen molar-refractivity contribution in [3.05, 3.63) is 77.4 Å². The molecule has 10 heteroatoms. The summed E-state index contributed by atoms with van der Waals surface area (Å²) < 4.78 is 7.32. The predicted molar refractivity (Wildman–Crippen MR) is 150 cm³/mol. The first-order chi connectivity index (χ1) is 18.2. The number of carbonyl (C=O) groups excluding carboxylic acids is 2. The summed E-state index contributed by atoms with van der Waals surface area (Å²) in [4.78, 5) is 31.8. The Kier molecular flexibility index (Phi) is 8.31. The van der Waals surface area contributed by atoms with Crippen LogP contribution in [-0.4, -0.2) is 53.5 Å². The van der Waals surface area contributed by atoms with Crippen LogP contribution in [0.3, 0.4) is 0 Å². The molecule has 1 atom stereocenters. The Bertz CT molecular complexity index is 1470. The summed E-state index contributed by atoms with van der Waals surface area (Å²) >= 11 is 6.18. The van der Waals surface area contributed by atoms with Gasteiger partial charge in [-0.25, -0.2) is 4.98 Å². The van der Waals surface area contributed by atoms with Crippen LogP contribution in [0, 0.1) is 0 Å². The quantitative estimate of drug-likeness (QED) is 0.206. The number of alkyl halides is 1. The van der Waals surface area contributed by atoms with Gasteiger partial charge in [-0.1, -0.05) is 6.07 Å². The largest absolute Gasteiger partial charge is 0.383 e. The van der Waals surface area contributed by atoms with Crippen LogP contribution in [0.25, 0.3) is 22.4 Å². The number of amides is 2. The lowest BCUT2D eigenvalue weighted by atomic mass is 10.1. The molecule has 9 nitrogen and oxygen atoms in total. The number of ether oxygens (including phenoxy) is 1. The van der Waals surface area contributed by atoms with E-state index in [2.05, 4.69) is 5.32 Å². The molecule has 1 unspecified atom stereocenters. The van der Waals surface area contributed by atoms with Gasteiger partial charge in [-0.15, -0.1) is 11.6 Å². The molecule has 4 rings (SSSR count). The molecule has 198 valence electrons. The average molecular weight is 536 g/mol. The number of carbonyl (C=O) groups is 2. The number of imidazole rings is 1. The molecule has 1 aromatic heterocycles. The summed E-state index contributed by atoms with van der Waals surface area (Å²) in [6.07, 6.45) is -0.633. The molecular weight excluding hydrogens is 506 g/mol. The Balaban J connectivity index is 1.83. The second-order valence-corrected chi connectivity index (χ2v) is 9.18. The first-order valence-corrected chi connectivity index (χ1v) is 12.6. The molecule has 1 heterocycles. The van der Waals surface area contributed by atoms with E-state index in [0.717, 1.165) is 16.8 Å². The van der Waals surface area contributed by atoms with Gasteiger partial charge in [-0.3, -0.25) is 9.59 Å². The zero-order valence-corrected chi connectivity index (χ0v) is 22.2. The Morgan fingerprint density at radius 1 is 1.18 bits per heavy atom. The van der Waals surface area contributed by atoms with Crippen molar-refractivity contribution in [3.8, 4) is 11.4 Å². The normalized spacial score (nSPS) is 11.9. The number of aliphatic hydroxyl groups is 1. The van der Waals surface area contributed by atoms with Gasteiger partial charge in [0, 0.05) is 49.1 Å². The molecule has 0 saturated carbocycles. The van der Waals surface area contributed by atoms with Crippen LogP contribution in [0.4, 0.5) is 11.4 Å². The highest BCUT2D eigenvalue weighted by Crippen LogP contribution is 2.31. The van der Waals surface area contributed by atoms with E-state index in [1.807, 2.05) is 41.9 Å². The van der Waals surface area contributed by atoms with Crippen LogP contribution >= 0.6 is 11.6 Å². The lowest BCUT2D eigenvalue weighted by Gasteiger charge is -2.22. The van der Waals surface area contributed by atoms with E-state index >= 15 is 0 Å². The van der Waals surface area contributed by atoms with Crippen LogP contribution < -0.4 is 16.0 Å². The minimum atomic E-state index is -0.633. The molecule has 0 radical (unpaired) electrons. The molecule has 0 aliphatic carbocycles. The molecule has 4 N–H and O–H groups in total. The number of hydrogen-bond donors (Lipinski definition) is 3. The number of anilines is 2. The van der Waals surface area contributed by atoms with Crippen molar-refractivity contribution in [2.45, 2.75) is 25.6 Å². The summed E-state index contributed by atoms with van der Waals surface area (Å²) in [5.74, 6) is -0.0865. The van der Waals surface area contributed by atoms with Crippen molar-refractivity contribution < 1.29 is 19.4 Å². The third kappa shape index (κ3) is 5.65. The molecule has 4 aromatic rings. The molecule has 0 fully saturated rings. The van der Waals surface area contributed by atoms with Gasteiger partial charge in [0.25, 0.3) is 5.91 Å². The summed E-state index contributed by atoms with van der Waals surface area (Å²) in [7, 11) is 3.43. The topological polar surface area (TPSA) is 123 Å². The van der Waals surface area contributed by atoms with Crippen molar-refractivity contribution >= 4 is 45.8 Å². The van der Waals surface area contributed by atoms with E-state index in [1.165, 1.54) is 6.07 Å². The van der Waals surface area contributed by atoms with Crippen molar-refractivity contribution in [1.82, 2.24) is 9.55 Å². The fourth-order valence-electron chi connectivity index (χ4n) is 4.21. The molecule has 38 heavy (non-hydrogen) atoms. The number of halogens is 1. The van der Waals surface area contributed by atoms with Crippen molar-refractivity contribution in [2.24, 2.45) is 5.73 Å². The SMILES string of the molecule is COCCn1c(-c2ccc(N(C)C(C)O)cc2)nc2cc(CCl)cc(C(=O)Nc3cccc(C(N)=O)c3)c21. The average Bonchev–Trinajstić information content (AvgIpc) is 3.29. The first-order valence-electron chi connectivity index (χ1n) is 12.0. The number of methoxy groups -OCH3 is 1. The highest BCUT2D eigenvalue weighted by Gasteiger charge is 2.21. The van der Waals surface area contributed by atoms with E-state index in [9.17, 15) is 14.7 Å². The number of nitrogens with two attached hydrogens (primary N) is 1. The number of nitrogens with one attached hydrogen (secondary N) is 1. The van der Waals surface area contributed by atoms with E-state index in [-0.39, 0.29) is 11.8 Å². The maximum Gasteiger partial charge on any atom is 0.257 e. The Morgan fingerprint density at radius 3 is 2.55 bits per heavy atom. The monoisotopic (exact) mass is 535 g/mol.